The summed E-state index contributed by atoms with van der Waals surface area (Å²) >= 11 is 13.2. The highest BCUT2D eigenvalue weighted by Crippen LogP contribution is 2.33. The average molecular weight is 707 g/mol. The van der Waals surface area contributed by atoms with E-state index in [9.17, 15) is 8.42 Å². The highest BCUT2D eigenvalue weighted by Gasteiger charge is 2.30. The number of hydrogen-bond acceptors (Lipinski definition) is 6. The second kappa shape index (κ2) is 15.6. The van der Waals surface area contributed by atoms with E-state index in [4.69, 9.17) is 33.0 Å². The molecule has 1 atom stereocenters. The van der Waals surface area contributed by atoms with Crippen molar-refractivity contribution in [3.05, 3.63) is 110 Å². The lowest BCUT2D eigenvalue weighted by Crippen LogP contribution is -2.44. The topological polar surface area (TPSA) is 79.7 Å². The number of rotatable bonds is 10. The largest absolute Gasteiger partial charge is 0.379 e. The second-order valence-corrected chi connectivity index (χ2v) is 15.3. The molecule has 0 bridgehead atoms. The lowest BCUT2D eigenvalue weighted by molar-refractivity contribution is -0.00122. The summed E-state index contributed by atoms with van der Waals surface area (Å²) in [5.74, 6) is 6.53. The van der Waals surface area contributed by atoms with Gasteiger partial charge in [-0.25, -0.2) is 8.42 Å². The minimum atomic E-state index is -3.36. The minimum Gasteiger partial charge on any atom is -0.379 e. The molecular weight excluding hydrogens is 665 g/mol. The van der Waals surface area contributed by atoms with Crippen LogP contribution < -0.4 is 5.32 Å². The summed E-state index contributed by atoms with van der Waals surface area (Å²) in [7, 11) is -3.36. The van der Waals surface area contributed by atoms with Crippen molar-refractivity contribution in [1.29, 1.82) is 0 Å². The quantitative estimate of drug-likeness (QED) is 0.205. The molecule has 0 radical (unpaired) electrons. The van der Waals surface area contributed by atoms with Gasteiger partial charge < -0.3 is 10.1 Å². The third kappa shape index (κ3) is 8.50. The maximum Gasteiger partial charge on any atom is 0.211 e. The zero-order valence-electron chi connectivity index (χ0n) is 27.4. The van der Waals surface area contributed by atoms with Crippen LogP contribution in [-0.2, 0) is 47.4 Å². The summed E-state index contributed by atoms with van der Waals surface area (Å²) in [4.78, 5) is 2.46. The number of morpholine rings is 1. The molecule has 1 fully saturated rings. The van der Waals surface area contributed by atoms with Gasteiger partial charge in [-0.15, -0.1) is 0 Å². The number of ether oxygens (including phenoxy) is 1. The van der Waals surface area contributed by atoms with Crippen molar-refractivity contribution < 1.29 is 13.2 Å². The first kappa shape index (κ1) is 34.7. The molecule has 1 saturated heterocycles. The fraction of sp³-hybridized carbons (Fsp3) is 0.378. The Morgan fingerprint density at radius 3 is 2.58 bits per heavy atom. The molecule has 0 aliphatic carbocycles. The van der Waals surface area contributed by atoms with Crippen LogP contribution in [0, 0.1) is 11.8 Å². The number of aryl methyl sites for hydroxylation is 1. The van der Waals surface area contributed by atoms with E-state index in [1.807, 2.05) is 54.6 Å². The Balaban J connectivity index is 1.23. The number of fused-ring (bicyclic) bond motifs is 1. The SMILES string of the molecule is C[C@H]1COCCN1CCCn1nc(-c2ccc(Cl)c(C#Cc3ccc(Cl)c(CNCc4ccccc4)c3)c2)c2c1CCN(S(C)(=O)=O)C2. The first-order valence-electron chi connectivity index (χ1n) is 16.4. The van der Waals surface area contributed by atoms with Crippen molar-refractivity contribution >= 4 is 33.2 Å². The van der Waals surface area contributed by atoms with Crippen LogP contribution in [-0.4, -0.2) is 72.5 Å². The van der Waals surface area contributed by atoms with Gasteiger partial charge in [0.15, 0.2) is 0 Å². The Kier molecular flexibility index (Phi) is 11.2. The van der Waals surface area contributed by atoms with E-state index < -0.39 is 10.0 Å². The predicted molar refractivity (Wildman–Crippen MR) is 193 cm³/mol. The maximum absolute atomic E-state index is 12.6. The number of sulfonamides is 1. The molecule has 0 saturated carbocycles. The number of nitrogens with one attached hydrogen (secondary N) is 1. The lowest BCUT2D eigenvalue weighted by atomic mass is 10.0. The summed E-state index contributed by atoms with van der Waals surface area (Å²) in [6.45, 7) is 8.46. The monoisotopic (exact) mass is 705 g/mol. The number of hydrogen-bond donors (Lipinski definition) is 1. The van der Waals surface area contributed by atoms with Crippen molar-refractivity contribution in [2.24, 2.45) is 0 Å². The first-order valence-corrected chi connectivity index (χ1v) is 19.0. The molecule has 1 N–H and O–H groups in total. The van der Waals surface area contributed by atoms with Crippen molar-refractivity contribution in [1.82, 2.24) is 24.3 Å². The Labute approximate surface area is 294 Å². The van der Waals surface area contributed by atoms with Crippen LogP contribution in [0.5, 0.6) is 0 Å². The van der Waals surface area contributed by atoms with E-state index in [-0.39, 0.29) is 0 Å². The Bertz CT molecular complexity index is 1920. The average Bonchev–Trinajstić information content (AvgIpc) is 3.44. The van der Waals surface area contributed by atoms with Crippen molar-refractivity contribution in [2.75, 3.05) is 39.1 Å². The molecule has 252 valence electrons. The van der Waals surface area contributed by atoms with Gasteiger partial charge in [-0.2, -0.15) is 9.40 Å². The number of halogens is 2. The van der Waals surface area contributed by atoms with Crippen LogP contribution in [0.4, 0.5) is 0 Å². The van der Waals surface area contributed by atoms with Crippen LogP contribution in [0.1, 0.15) is 46.9 Å². The van der Waals surface area contributed by atoms with Gasteiger partial charge in [-0.3, -0.25) is 9.58 Å². The van der Waals surface area contributed by atoms with Crippen LogP contribution in [0.2, 0.25) is 10.0 Å². The van der Waals surface area contributed by atoms with Crippen molar-refractivity contribution in [2.45, 2.75) is 52.0 Å². The van der Waals surface area contributed by atoms with Gasteiger partial charge in [-0.1, -0.05) is 71.4 Å². The van der Waals surface area contributed by atoms with E-state index in [0.717, 1.165) is 79.5 Å². The molecule has 0 unspecified atom stereocenters. The Hall–Kier alpha value is -3.20. The molecule has 3 aromatic carbocycles. The fourth-order valence-corrected chi connectivity index (χ4v) is 7.45. The third-order valence-electron chi connectivity index (χ3n) is 9.00. The zero-order chi connectivity index (χ0) is 33.7. The molecule has 2 aliphatic heterocycles. The third-order valence-corrected chi connectivity index (χ3v) is 11.0. The summed E-state index contributed by atoms with van der Waals surface area (Å²) in [6.07, 6.45) is 2.82. The molecule has 48 heavy (non-hydrogen) atoms. The number of benzene rings is 3. The molecule has 8 nitrogen and oxygen atoms in total. The van der Waals surface area contributed by atoms with Crippen LogP contribution in [0.3, 0.4) is 0 Å². The standard InChI is InChI=1S/C37H41Cl2N5O3S/c1-27-26-47-20-19-42(27)16-6-17-44-36-15-18-43(48(2,45)46)25-33(36)37(41-44)31-12-14-34(38)30(22-31)11-9-28-10-13-35(39)32(21-28)24-40-23-29-7-4-3-5-8-29/h3-5,7-8,10,12-14,21-22,27,40H,6,15-20,23-26H2,1-2H3/t27-/m0/s1. The summed E-state index contributed by atoms with van der Waals surface area (Å²) in [5.41, 5.74) is 7.35. The summed E-state index contributed by atoms with van der Waals surface area (Å²) in [5, 5.41) is 9.76. The van der Waals surface area contributed by atoms with Gasteiger partial charge in [0.2, 0.25) is 10.0 Å². The smallest absolute Gasteiger partial charge is 0.211 e. The molecule has 11 heteroatoms. The Morgan fingerprint density at radius 1 is 0.979 bits per heavy atom. The highest BCUT2D eigenvalue weighted by atomic mass is 35.5. The van der Waals surface area contributed by atoms with Crippen LogP contribution in [0.25, 0.3) is 11.3 Å². The molecular formula is C37H41Cl2N5O3S. The lowest BCUT2D eigenvalue weighted by Gasteiger charge is -2.33. The molecule has 3 heterocycles. The van der Waals surface area contributed by atoms with Crippen molar-refractivity contribution in [3.8, 4) is 23.1 Å². The Morgan fingerprint density at radius 2 is 1.79 bits per heavy atom. The molecule has 0 amide bonds. The molecule has 2 aliphatic rings. The summed E-state index contributed by atoms with van der Waals surface area (Å²) in [6, 6.07) is 22.1. The van der Waals surface area contributed by atoms with E-state index in [1.54, 1.807) is 0 Å². The van der Waals surface area contributed by atoms with Gasteiger partial charge in [0.1, 0.15) is 0 Å². The fourth-order valence-electron chi connectivity index (χ4n) is 6.32. The van der Waals surface area contributed by atoms with Crippen LogP contribution in [0.15, 0.2) is 66.7 Å². The van der Waals surface area contributed by atoms with Gasteiger partial charge >= 0.3 is 0 Å². The van der Waals surface area contributed by atoms with E-state index in [2.05, 4.69) is 45.8 Å². The zero-order valence-corrected chi connectivity index (χ0v) is 29.7. The number of nitrogens with zero attached hydrogens (tertiary/aromatic N) is 4. The van der Waals surface area contributed by atoms with E-state index in [0.29, 0.717) is 47.7 Å². The molecule has 4 aromatic rings. The highest BCUT2D eigenvalue weighted by molar-refractivity contribution is 7.88. The first-order chi connectivity index (χ1) is 23.2. The molecule has 1 aromatic heterocycles. The van der Waals surface area contributed by atoms with Gasteiger partial charge in [0.05, 0.1) is 30.2 Å². The summed E-state index contributed by atoms with van der Waals surface area (Å²) < 4.78 is 34.3. The van der Waals surface area contributed by atoms with Crippen LogP contribution >= 0.6 is 23.2 Å². The minimum absolute atomic E-state index is 0.291. The normalized spacial score (nSPS) is 17.1. The van der Waals surface area contributed by atoms with Gasteiger partial charge in [-0.05, 0) is 54.8 Å². The van der Waals surface area contributed by atoms with E-state index >= 15 is 0 Å². The van der Waals surface area contributed by atoms with Gasteiger partial charge in [0, 0.05) is 91.2 Å². The van der Waals surface area contributed by atoms with Gasteiger partial charge in [0.25, 0.3) is 0 Å². The number of aromatic nitrogens is 2. The second-order valence-electron chi connectivity index (χ2n) is 12.5. The molecule has 0 spiro atoms. The van der Waals surface area contributed by atoms with E-state index in [1.165, 1.54) is 16.1 Å². The van der Waals surface area contributed by atoms with Crippen molar-refractivity contribution in [3.63, 3.8) is 0 Å². The predicted octanol–water partition coefficient (Wildman–Crippen LogP) is 5.98. The maximum atomic E-state index is 12.6. The molecule has 6 rings (SSSR count).